The summed E-state index contributed by atoms with van der Waals surface area (Å²) in [5.41, 5.74) is -0.511. The zero-order valence-electron chi connectivity index (χ0n) is 16.2. The van der Waals surface area contributed by atoms with Gasteiger partial charge >= 0.3 is 6.09 Å². The van der Waals surface area contributed by atoms with Gasteiger partial charge in [0.1, 0.15) is 5.60 Å². The molecule has 1 saturated heterocycles. The number of aliphatic hydroxyl groups is 1. The lowest BCUT2D eigenvalue weighted by Gasteiger charge is -2.37. The minimum atomic E-state index is -1.01. The van der Waals surface area contributed by atoms with Gasteiger partial charge in [-0.05, 0) is 33.3 Å². The monoisotopic (exact) mass is 365 g/mol. The van der Waals surface area contributed by atoms with Crippen LogP contribution in [0.2, 0.25) is 0 Å². The van der Waals surface area contributed by atoms with E-state index in [1.54, 1.807) is 6.92 Å². The van der Waals surface area contributed by atoms with Gasteiger partial charge in [-0.1, -0.05) is 30.3 Å². The average Bonchev–Trinajstić information content (AvgIpc) is 2.51. The Morgan fingerprint density at radius 1 is 1.35 bits per heavy atom. The first-order chi connectivity index (χ1) is 12.1. The van der Waals surface area contributed by atoms with Crippen LogP contribution in [0.5, 0.6) is 0 Å². The Balaban J connectivity index is 1.95. The van der Waals surface area contributed by atoms with Crippen LogP contribution < -0.4 is 0 Å². The van der Waals surface area contributed by atoms with Crippen molar-refractivity contribution in [1.82, 2.24) is 4.90 Å². The largest absolute Gasteiger partial charge is 0.444 e. The number of carbonyl (C=O) groups excluding carboxylic acids is 1. The van der Waals surface area contributed by atoms with E-state index < -0.39 is 17.3 Å². The molecule has 2 atom stereocenters. The van der Waals surface area contributed by atoms with Crippen LogP contribution in [0, 0.1) is 0 Å². The van der Waals surface area contributed by atoms with Crippen molar-refractivity contribution in [2.75, 3.05) is 26.3 Å². The SMILES string of the molecule is CC(C)(C)OC(=O)N1C[C@@H](COCc2ccccc2)OCC[C@](C)(O)C1. The Morgan fingerprint density at radius 2 is 2.04 bits per heavy atom. The van der Waals surface area contributed by atoms with Crippen molar-refractivity contribution < 1.29 is 24.1 Å². The zero-order chi connectivity index (χ0) is 19.2. The van der Waals surface area contributed by atoms with Gasteiger partial charge in [-0.15, -0.1) is 0 Å². The van der Waals surface area contributed by atoms with Crippen molar-refractivity contribution in [2.45, 2.75) is 58.0 Å². The van der Waals surface area contributed by atoms with Crippen molar-refractivity contribution in [3.05, 3.63) is 35.9 Å². The first-order valence-corrected chi connectivity index (χ1v) is 9.08. The normalized spacial score (nSPS) is 24.7. The number of rotatable bonds is 4. The molecule has 1 amide bonds. The fourth-order valence-electron chi connectivity index (χ4n) is 2.75. The van der Waals surface area contributed by atoms with E-state index in [0.717, 1.165) is 5.56 Å². The highest BCUT2D eigenvalue weighted by molar-refractivity contribution is 5.68. The zero-order valence-corrected chi connectivity index (χ0v) is 16.2. The van der Waals surface area contributed by atoms with Gasteiger partial charge in [0.2, 0.25) is 0 Å². The molecular weight excluding hydrogens is 334 g/mol. The smallest absolute Gasteiger partial charge is 0.410 e. The van der Waals surface area contributed by atoms with Crippen LogP contribution in [0.1, 0.15) is 39.7 Å². The van der Waals surface area contributed by atoms with Gasteiger partial charge in [-0.2, -0.15) is 0 Å². The molecule has 0 bridgehead atoms. The van der Waals surface area contributed by atoms with E-state index in [1.165, 1.54) is 4.90 Å². The maximum atomic E-state index is 12.5. The molecule has 0 saturated carbocycles. The third-order valence-electron chi connectivity index (χ3n) is 4.02. The highest BCUT2D eigenvalue weighted by Gasteiger charge is 2.33. The number of carbonyl (C=O) groups is 1. The predicted octanol–water partition coefficient (Wildman–Crippen LogP) is 2.98. The van der Waals surface area contributed by atoms with E-state index in [9.17, 15) is 9.90 Å². The summed E-state index contributed by atoms with van der Waals surface area (Å²) in [6, 6.07) is 9.91. The van der Waals surface area contributed by atoms with Gasteiger partial charge in [0, 0.05) is 13.0 Å². The summed E-state index contributed by atoms with van der Waals surface area (Å²) in [7, 11) is 0. The Bertz CT molecular complexity index is 567. The lowest BCUT2D eigenvalue weighted by molar-refractivity contribution is -0.0918. The minimum Gasteiger partial charge on any atom is -0.444 e. The maximum absolute atomic E-state index is 12.5. The molecule has 0 aliphatic carbocycles. The second kappa shape index (κ2) is 8.84. The molecule has 2 rings (SSSR count). The molecule has 1 N–H and O–H groups in total. The number of hydrogen-bond acceptors (Lipinski definition) is 5. The quantitative estimate of drug-likeness (QED) is 0.888. The molecular formula is C20H31NO5. The molecule has 1 aromatic carbocycles. The van der Waals surface area contributed by atoms with Gasteiger partial charge in [0.25, 0.3) is 0 Å². The summed E-state index contributed by atoms with van der Waals surface area (Å²) in [6.07, 6.45) is -0.264. The van der Waals surface area contributed by atoms with Gasteiger partial charge in [-0.3, -0.25) is 0 Å². The van der Waals surface area contributed by atoms with E-state index >= 15 is 0 Å². The highest BCUT2D eigenvalue weighted by Crippen LogP contribution is 2.19. The molecule has 0 spiro atoms. The fraction of sp³-hybridized carbons (Fsp3) is 0.650. The molecule has 1 fully saturated rings. The molecule has 0 unspecified atom stereocenters. The van der Waals surface area contributed by atoms with Crippen LogP contribution in [-0.2, 0) is 20.8 Å². The third kappa shape index (κ3) is 7.32. The summed E-state index contributed by atoms with van der Waals surface area (Å²) in [6.45, 7) is 8.99. The topological polar surface area (TPSA) is 68.2 Å². The van der Waals surface area contributed by atoms with Crippen molar-refractivity contribution >= 4 is 6.09 Å². The molecule has 6 heteroatoms. The van der Waals surface area contributed by atoms with E-state index in [-0.39, 0.29) is 12.6 Å². The Morgan fingerprint density at radius 3 is 2.69 bits per heavy atom. The molecule has 1 heterocycles. The average molecular weight is 365 g/mol. The van der Waals surface area contributed by atoms with E-state index in [4.69, 9.17) is 14.2 Å². The third-order valence-corrected chi connectivity index (χ3v) is 4.02. The lowest BCUT2D eigenvalue weighted by atomic mass is 10.0. The summed E-state index contributed by atoms with van der Waals surface area (Å²) in [5.74, 6) is 0. The van der Waals surface area contributed by atoms with Crippen molar-refractivity contribution in [2.24, 2.45) is 0 Å². The standard InChI is InChI=1S/C20H31NO5/c1-19(2,3)26-18(22)21-12-17(25-11-10-20(4,23)15-21)14-24-13-16-8-6-5-7-9-16/h5-9,17,23H,10-15H2,1-4H3/t17-,20-/m0/s1. The first-order valence-electron chi connectivity index (χ1n) is 9.08. The molecule has 6 nitrogen and oxygen atoms in total. The number of β-amino-alcohol motifs (C(OH)–C–C–N with tert-alkyl or cyclic N) is 1. The van der Waals surface area contributed by atoms with Gasteiger partial charge in [-0.25, -0.2) is 4.79 Å². The van der Waals surface area contributed by atoms with Gasteiger partial charge in [0.15, 0.2) is 0 Å². The molecule has 146 valence electrons. The molecule has 26 heavy (non-hydrogen) atoms. The number of nitrogens with zero attached hydrogens (tertiary/aromatic N) is 1. The number of ether oxygens (including phenoxy) is 3. The van der Waals surface area contributed by atoms with Gasteiger partial charge < -0.3 is 24.2 Å². The molecule has 0 radical (unpaired) electrons. The minimum absolute atomic E-state index is 0.209. The second-order valence-corrected chi connectivity index (χ2v) is 8.10. The van der Waals surface area contributed by atoms with E-state index in [1.807, 2.05) is 51.1 Å². The van der Waals surface area contributed by atoms with Crippen LogP contribution in [0.4, 0.5) is 4.79 Å². The second-order valence-electron chi connectivity index (χ2n) is 8.10. The van der Waals surface area contributed by atoms with Crippen molar-refractivity contribution in [1.29, 1.82) is 0 Å². The van der Waals surface area contributed by atoms with Crippen molar-refractivity contribution in [3.8, 4) is 0 Å². The Labute approximate surface area is 156 Å². The van der Waals surface area contributed by atoms with Gasteiger partial charge in [0.05, 0.1) is 38.0 Å². The predicted molar refractivity (Wildman–Crippen MR) is 98.9 cm³/mol. The van der Waals surface area contributed by atoms with E-state index in [2.05, 4.69) is 0 Å². The summed E-state index contributed by atoms with van der Waals surface area (Å²) in [5, 5.41) is 10.4. The number of benzene rings is 1. The van der Waals surface area contributed by atoms with Crippen LogP contribution >= 0.6 is 0 Å². The van der Waals surface area contributed by atoms with Crippen molar-refractivity contribution in [3.63, 3.8) is 0 Å². The summed E-state index contributed by atoms with van der Waals surface area (Å²) in [4.78, 5) is 14.0. The summed E-state index contributed by atoms with van der Waals surface area (Å²) < 4.78 is 17.1. The Hall–Kier alpha value is -1.63. The number of amides is 1. The fourth-order valence-corrected chi connectivity index (χ4v) is 2.75. The first kappa shape index (κ1) is 20.7. The molecule has 1 aliphatic heterocycles. The number of hydrogen-bond donors (Lipinski definition) is 1. The summed E-state index contributed by atoms with van der Waals surface area (Å²) >= 11 is 0. The molecule has 1 aromatic rings. The molecule has 1 aliphatic rings. The maximum Gasteiger partial charge on any atom is 0.410 e. The lowest BCUT2D eigenvalue weighted by Crippen LogP contribution is -2.52. The van der Waals surface area contributed by atoms with Crippen LogP contribution in [-0.4, -0.2) is 59.7 Å². The van der Waals surface area contributed by atoms with E-state index in [0.29, 0.717) is 32.8 Å². The van der Waals surface area contributed by atoms with Crippen LogP contribution in [0.25, 0.3) is 0 Å². The van der Waals surface area contributed by atoms with Crippen LogP contribution in [0.3, 0.4) is 0 Å². The highest BCUT2D eigenvalue weighted by atomic mass is 16.6. The Kier molecular flexibility index (Phi) is 7.03. The van der Waals surface area contributed by atoms with Crippen LogP contribution in [0.15, 0.2) is 30.3 Å². The molecule has 0 aromatic heterocycles.